The second-order valence-corrected chi connectivity index (χ2v) is 15.7. The lowest BCUT2D eigenvalue weighted by molar-refractivity contribution is 0.0438. The van der Waals surface area contributed by atoms with Crippen LogP contribution in [0.5, 0.6) is 0 Å². The smallest absolute Gasteiger partial charge is 0.374 e. The zero-order chi connectivity index (χ0) is 28.1. The van der Waals surface area contributed by atoms with E-state index in [1.165, 1.54) is 0 Å². The van der Waals surface area contributed by atoms with Gasteiger partial charge in [-0.25, -0.2) is 0 Å². The summed E-state index contributed by atoms with van der Waals surface area (Å²) in [6, 6.07) is 0. The van der Waals surface area contributed by atoms with Crippen molar-refractivity contribution in [3.63, 3.8) is 0 Å². The van der Waals surface area contributed by atoms with Crippen molar-refractivity contribution < 1.29 is 39.8 Å². The normalized spacial score (nSPS) is 14.2. The van der Waals surface area contributed by atoms with Crippen molar-refractivity contribution >= 4 is 26.4 Å². The number of nitrogens with one attached hydrogen (secondary N) is 1. The Morgan fingerprint density at radius 3 is 0.917 bits per heavy atom. The molecule has 2 unspecified atom stereocenters. The van der Waals surface area contributed by atoms with Gasteiger partial charge in [-0.3, -0.25) is 0 Å². The first kappa shape index (κ1) is 38.1. The summed E-state index contributed by atoms with van der Waals surface area (Å²) < 4.78 is 51.6. The Morgan fingerprint density at radius 1 is 0.556 bits per heavy atom. The molecule has 0 aliphatic rings. The maximum absolute atomic E-state index is 6.13. The molecule has 1 N–H and O–H groups in total. The molecule has 0 spiro atoms. The van der Waals surface area contributed by atoms with Crippen molar-refractivity contribution in [2.45, 2.75) is 79.6 Å². The van der Waals surface area contributed by atoms with Crippen molar-refractivity contribution in [3.05, 3.63) is 12.3 Å². The summed E-state index contributed by atoms with van der Waals surface area (Å²) in [4.78, 5) is 0. The van der Waals surface area contributed by atoms with E-state index < -0.39 is 26.4 Å². The zero-order valence-electron chi connectivity index (χ0n) is 24.8. The highest BCUT2D eigenvalue weighted by Crippen LogP contribution is 2.23. The summed E-state index contributed by atoms with van der Waals surface area (Å²) in [5, 5.41) is 3.72. The number of rotatable bonds is 22. The van der Waals surface area contributed by atoms with E-state index >= 15 is 0 Å². The molecule has 36 heavy (non-hydrogen) atoms. The lowest BCUT2D eigenvalue weighted by Gasteiger charge is -2.41. The Labute approximate surface area is 224 Å². The van der Waals surface area contributed by atoms with E-state index in [2.05, 4.69) is 25.7 Å². The van der Waals surface area contributed by atoms with E-state index in [1.54, 1.807) is 27.0 Å². The highest BCUT2D eigenvalue weighted by atomic mass is 28.4. The predicted molar refractivity (Wildman–Crippen MR) is 150 cm³/mol. The van der Waals surface area contributed by atoms with Gasteiger partial charge in [-0.2, -0.15) is 0 Å². The van der Waals surface area contributed by atoms with Crippen molar-refractivity contribution in [2.75, 3.05) is 61.0 Å². The van der Waals surface area contributed by atoms with Crippen LogP contribution in [-0.2, 0) is 39.8 Å². The van der Waals surface area contributed by atoms with E-state index in [4.69, 9.17) is 39.8 Å². The quantitative estimate of drug-likeness (QED) is 0.192. The highest BCUT2D eigenvalue weighted by Gasteiger charge is 2.54. The van der Waals surface area contributed by atoms with E-state index in [1.807, 2.05) is 41.5 Å². The molecule has 0 aliphatic heterocycles. The van der Waals surface area contributed by atoms with Gasteiger partial charge in [0.15, 0.2) is 0 Å². The molecule has 0 aromatic rings. The fourth-order valence-electron chi connectivity index (χ4n) is 3.74. The summed E-state index contributed by atoms with van der Waals surface area (Å²) in [6.45, 7) is 22.9. The van der Waals surface area contributed by atoms with Crippen molar-refractivity contribution in [1.29, 1.82) is 0 Å². The number of hydrogen-bond acceptors (Lipinski definition) is 10. The molecular weight excluding hydrogens is 519 g/mol. The van der Waals surface area contributed by atoms with Crippen LogP contribution in [0.2, 0.25) is 0 Å². The first-order valence-corrected chi connectivity index (χ1v) is 18.5. The molecule has 0 saturated carbocycles. The SMILES string of the molecule is C=C[Si](OC)(OC)OC.CCO[Si](OCC)(OCC)C(CC)NC(CC)[Si](OCC)(OCC)OCC. The third-order valence-electron chi connectivity index (χ3n) is 5.25. The minimum atomic E-state index is -2.91. The molecule has 0 aliphatic carbocycles. The van der Waals surface area contributed by atoms with Crippen LogP contribution in [0.4, 0.5) is 0 Å². The van der Waals surface area contributed by atoms with Crippen molar-refractivity contribution in [2.24, 2.45) is 0 Å². The van der Waals surface area contributed by atoms with Crippen LogP contribution in [0.15, 0.2) is 12.3 Å². The second-order valence-electron chi connectivity index (χ2n) is 7.31. The van der Waals surface area contributed by atoms with Gasteiger partial charge in [0.25, 0.3) is 0 Å². The Bertz CT molecular complexity index is 457. The first-order valence-electron chi connectivity index (χ1n) is 13.1. The van der Waals surface area contributed by atoms with E-state index in [0.29, 0.717) is 39.6 Å². The Kier molecular flexibility index (Phi) is 23.2. The molecule has 0 bridgehead atoms. The van der Waals surface area contributed by atoms with Gasteiger partial charge >= 0.3 is 26.4 Å². The molecule has 0 rings (SSSR count). The van der Waals surface area contributed by atoms with Crippen LogP contribution in [0, 0.1) is 0 Å². The lowest BCUT2D eigenvalue weighted by Crippen LogP contribution is -2.69. The van der Waals surface area contributed by atoms with Gasteiger partial charge in [-0.15, -0.1) is 0 Å². The maximum atomic E-state index is 6.13. The Morgan fingerprint density at radius 2 is 0.806 bits per heavy atom. The molecule has 10 nitrogen and oxygen atoms in total. The Hall–Kier alpha value is -0.00935. The molecule has 0 aromatic heterocycles. The molecule has 218 valence electrons. The lowest BCUT2D eigenvalue weighted by atomic mass is 10.4. The monoisotopic (exact) mass is 573 g/mol. The van der Waals surface area contributed by atoms with Gasteiger partial charge in [-0.05, 0) is 60.1 Å². The van der Waals surface area contributed by atoms with Crippen LogP contribution in [0.3, 0.4) is 0 Å². The third kappa shape index (κ3) is 11.8. The zero-order valence-corrected chi connectivity index (χ0v) is 27.8. The minimum Gasteiger partial charge on any atom is -0.374 e. The van der Waals surface area contributed by atoms with Gasteiger partial charge in [0.1, 0.15) is 0 Å². The Balaban J connectivity index is 0. The molecule has 13 heteroatoms. The van der Waals surface area contributed by atoms with Gasteiger partial charge in [0, 0.05) is 61.0 Å². The fourth-order valence-corrected chi connectivity index (χ4v) is 10.8. The standard InChI is InChI=1S/C18H43NO6Si2.C5H12O3Si/c1-9-17(26(20-11-3,21-12-4)22-13-5)19-18(10-2)27(23-14-6,24-15-7)25-16-8;1-5-9(6-2,7-3)8-4/h17-19H,9-16H2,1-8H3;5H,1H2,2-4H3. The van der Waals surface area contributed by atoms with Gasteiger partial charge < -0.3 is 45.2 Å². The van der Waals surface area contributed by atoms with Gasteiger partial charge in [-0.1, -0.05) is 20.4 Å². The summed E-state index contributed by atoms with van der Waals surface area (Å²) in [5.41, 5.74) is 1.46. The molecule has 0 fully saturated rings. The van der Waals surface area contributed by atoms with E-state index in [9.17, 15) is 0 Å². The first-order chi connectivity index (χ1) is 17.2. The molecule has 0 heterocycles. The molecule has 0 amide bonds. The maximum Gasteiger partial charge on any atom is 0.528 e. The summed E-state index contributed by atoms with van der Waals surface area (Å²) in [6.07, 6.45) is 1.63. The fraction of sp³-hybridized carbons (Fsp3) is 0.913. The predicted octanol–water partition coefficient (Wildman–Crippen LogP) is 3.90. The molecule has 0 saturated heterocycles. The van der Waals surface area contributed by atoms with Crippen LogP contribution in [0.1, 0.15) is 68.2 Å². The van der Waals surface area contributed by atoms with E-state index in [-0.39, 0.29) is 11.3 Å². The number of hydrogen-bond donors (Lipinski definition) is 1. The minimum absolute atomic E-state index is 0.0597. The molecule has 0 radical (unpaired) electrons. The largest absolute Gasteiger partial charge is 0.528 e. The molecule has 2 atom stereocenters. The average Bonchev–Trinajstić information content (AvgIpc) is 2.87. The van der Waals surface area contributed by atoms with Crippen LogP contribution in [-0.4, -0.2) is 98.7 Å². The van der Waals surface area contributed by atoms with E-state index in [0.717, 1.165) is 12.8 Å². The van der Waals surface area contributed by atoms with Crippen molar-refractivity contribution in [3.8, 4) is 0 Å². The molecule has 0 aromatic carbocycles. The van der Waals surface area contributed by atoms with Gasteiger partial charge in [0.05, 0.1) is 11.3 Å². The highest BCUT2D eigenvalue weighted by molar-refractivity contribution is 6.66. The van der Waals surface area contributed by atoms with Crippen LogP contribution >= 0.6 is 0 Å². The second kappa shape index (κ2) is 21.9. The average molecular weight is 574 g/mol. The van der Waals surface area contributed by atoms with Crippen LogP contribution in [0.25, 0.3) is 0 Å². The van der Waals surface area contributed by atoms with Crippen molar-refractivity contribution in [1.82, 2.24) is 5.32 Å². The van der Waals surface area contributed by atoms with Gasteiger partial charge in [0.2, 0.25) is 0 Å². The topological polar surface area (TPSA) is 95.1 Å². The summed E-state index contributed by atoms with van der Waals surface area (Å²) >= 11 is 0. The summed E-state index contributed by atoms with van der Waals surface area (Å²) in [7, 11) is -3.61. The third-order valence-corrected chi connectivity index (χ3v) is 14.5. The summed E-state index contributed by atoms with van der Waals surface area (Å²) in [5.74, 6) is 0. The van der Waals surface area contributed by atoms with Crippen LogP contribution < -0.4 is 5.32 Å². The molecular formula is C23H55NO9Si3.